The number of carbonyl (C=O) groups excluding carboxylic acids is 2. The summed E-state index contributed by atoms with van der Waals surface area (Å²) in [6.45, 7) is 10.4. The highest BCUT2D eigenvalue weighted by molar-refractivity contribution is 5.84. The molecule has 2 bridgehead atoms. The second kappa shape index (κ2) is 10.8. The van der Waals surface area contributed by atoms with Gasteiger partial charge >= 0.3 is 6.09 Å². The van der Waals surface area contributed by atoms with E-state index in [1.165, 1.54) is 12.5 Å². The molecule has 0 unspecified atom stereocenters. The number of amides is 2. The van der Waals surface area contributed by atoms with Crippen LogP contribution in [0.1, 0.15) is 47.5 Å². The third-order valence-electron chi connectivity index (χ3n) is 8.17. The van der Waals surface area contributed by atoms with Gasteiger partial charge in [-0.3, -0.25) is 10.1 Å². The molecule has 0 fully saturated rings. The maximum atomic E-state index is 13.1. The van der Waals surface area contributed by atoms with Crippen molar-refractivity contribution in [2.24, 2.45) is 23.7 Å². The van der Waals surface area contributed by atoms with Gasteiger partial charge in [0.05, 0.1) is 0 Å². The van der Waals surface area contributed by atoms with Gasteiger partial charge in [-0.2, -0.15) is 0 Å². The third-order valence-corrected chi connectivity index (χ3v) is 8.17. The topological polar surface area (TPSA) is 85.9 Å². The molecule has 1 aromatic rings. The van der Waals surface area contributed by atoms with Crippen LogP contribution in [0, 0.1) is 23.7 Å². The molecule has 3 aliphatic rings. The number of para-hydroxylation sites is 1. The Balaban J connectivity index is 1.75. The summed E-state index contributed by atoms with van der Waals surface area (Å²) in [7, 11) is 1.61. The van der Waals surface area contributed by atoms with Crippen LogP contribution in [0.5, 0.6) is 0 Å². The van der Waals surface area contributed by atoms with E-state index in [0.29, 0.717) is 30.5 Å². The van der Waals surface area contributed by atoms with Crippen molar-refractivity contribution in [1.82, 2.24) is 5.32 Å². The molecule has 2 aliphatic heterocycles. The summed E-state index contributed by atoms with van der Waals surface area (Å²) in [5.41, 5.74) is 1.88. The summed E-state index contributed by atoms with van der Waals surface area (Å²) in [5, 5.41) is 5.79. The Bertz CT molecular complexity index is 1090. The minimum atomic E-state index is -1.17. The van der Waals surface area contributed by atoms with Gasteiger partial charge in [0.1, 0.15) is 11.7 Å². The lowest BCUT2D eigenvalue weighted by Crippen LogP contribution is -2.48. The predicted octanol–water partition coefficient (Wildman–Crippen LogP) is 5.61. The first-order valence-corrected chi connectivity index (χ1v) is 13.2. The van der Waals surface area contributed by atoms with E-state index < -0.39 is 23.6 Å². The average molecular weight is 509 g/mol. The molecule has 0 aromatic heterocycles. The molecule has 2 heterocycles. The molecule has 4 rings (SSSR count). The highest BCUT2D eigenvalue weighted by Gasteiger charge is 2.53. The maximum Gasteiger partial charge on any atom is 0.412 e. The minimum Gasteiger partial charge on any atom is -0.443 e. The monoisotopic (exact) mass is 508 g/mol. The number of allylic oxidation sites excluding steroid dienone is 3. The van der Waals surface area contributed by atoms with Gasteiger partial charge in [-0.25, -0.2) is 4.79 Å². The normalized spacial score (nSPS) is 34.2. The van der Waals surface area contributed by atoms with E-state index in [4.69, 9.17) is 14.2 Å². The summed E-state index contributed by atoms with van der Waals surface area (Å²) in [6, 6.07) is 9.27. The Morgan fingerprint density at radius 1 is 1.19 bits per heavy atom. The SMILES string of the molecule is CO[C@]12C=C[C@](C)(O1)[C@@H](OC(=O)Nc1ccccc1)C[C@H]1C(C)=CC[C@H](C(C)C)[C@H]1/C=C\2CNC(C)=O. The number of benzene rings is 1. The number of anilines is 1. The van der Waals surface area contributed by atoms with Crippen LogP contribution in [0.2, 0.25) is 0 Å². The van der Waals surface area contributed by atoms with Gasteiger partial charge in [-0.1, -0.05) is 49.8 Å². The quantitative estimate of drug-likeness (QED) is 0.488. The molecule has 0 radical (unpaired) electrons. The van der Waals surface area contributed by atoms with Crippen molar-refractivity contribution in [3.05, 3.63) is 65.8 Å². The molecule has 37 heavy (non-hydrogen) atoms. The molecular formula is C30H40N2O5. The predicted molar refractivity (Wildman–Crippen MR) is 144 cm³/mol. The molecule has 1 aliphatic carbocycles. The minimum absolute atomic E-state index is 0.118. The number of hydrogen-bond donors (Lipinski definition) is 2. The van der Waals surface area contributed by atoms with Crippen LogP contribution in [-0.2, 0) is 19.0 Å². The van der Waals surface area contributed by atoms with Crippen molar-refractivity contribution in [2.45, 2.75) is 65.0 Å². The smallest absolute Gasteiger partial charge is 0.412 e. The van der Waals surface area contributed by atoms with Gasteiger partial charge in [0.2, 0.25) is 11.7 Å². The largest absolute Gasteiger partial charge is 0.443 e. The number of hydrogen-bond acceptors (Lipinski definition) is 5. The van der Waals surface area contributed by atoms with E-state index in [9.17, 15) is 9.59 Å². The van der Waals surface area contributed by atoms with E-state index in [1.807, 2.05) is 49.4 Å². The van der Waals surface area contributed by atoms with Crippen molar-refractivity contribution in [1.29, 1.82) is 0 Å². The van der Waals surface area contributed by atoms with Gasteiger partial charge in [0.15, 0.2) is 0 Å². The van der Waals surface area contributed by atoms with Gasteiger partial charge in [0, 0.05) is 31.8 Å². The fourth-order valence-corrected chi connectivity index (χ4v) is 5.97. The standard InChI is InChI=1S/C30H40N2O5/c1-19(2)24-13-12-20(3)25-17-27(36-28(34)32-23-10-8-7-9-11-23)29(5)14-15-30(35-6,37-29)22(16-26(24)25)18-31-21(4)33/h7-12,14-16,19,24-27H,13,17-18H2,1-6H3,(H,31,33)(H,32,34)/b22-16-/t24-,25+,26-,27+,29+,30-/m1/s1. The molecule has 2 N–H and O–H groups in total. The first-order chi connectivity index (χ1) is 17.6. The zero-order valence-electron chi connectivity index (χ0n) is 22.7. The van der Waals surface area contributed by atoms with Crippen LogP contribution >= 0.6 is 0 Å². The van der Waals surface area contributed by atoms with Crippen LogP contribution in [0.3, 0.4) is 0 Å². The number of fused-ring (bicyclic) bond motifs is 3. The first-order valence-electron chi connectivity index (χ1n) is 13.2. The Kier molecular flexibility index (Phi) is 7.95. The maximum absolute atomic E-state index is 13.1. The molecule has 1 aromatic carbocycles. The zero-order chi connectivity index (χ0) is 26.8. The lowest BCUT2D eigenvalue weighted by molar-refractivity contribution is -0.219. The fourth-order valence-electron chi connectivity index (χ4n) is 5.97. The Morgan fingerprint density at radius 3 is 2.57 bits per heavy atom. The summed E-state index contributed by atoms with van der Waals surface area (Å²) < 4.78 is 18.8. The van der Waals surface area contributed by atoms with Gasteiger partial charge in [0.25, 0.3) is 0 Å². The Labute approximate surface area is 220 Å². The van der Waals surface area contributed by atoms with Crippen molar-refractivity contribution >= 4 is 17.7 Å². The average Bonchev–Trinajstić information content (AvgIpc) is 3.23. The lowest BCUT2D eigenvalue weighted by atomic mass is 9.65. The number of nitrogens with one attached hydrogen (secondary N) is 2. The van der Waals surface area contributed by atoms with Crippen LogP contribution in [0.25, 0.3) is 0 Å². The number of rotatable bonds is 6. The molecule has 6 atom stereocenters. The first kappa shape index (κ1) is 27.1. The van der Waals surface area contributed by atoms with Crippen molar-refractivity contribution in [2.75, 3.05) is 19.0 Å². The summed E-state index contributed by atoms with van der Waals surface area (Å²) in [5.74, 6) is -0.136. The summed E-state index contributed by atoms with van der Waals surface area (Å²) in [4.78, 5) is 25.0. The molecule has 200 valence electrons. The van der Waals surface area contributed by atoms with E-state index in [2.05, 4.69) is 43.6 Å². The fraction of sp³-hybridized carbons (Fsp3) is 0.533. The highest BCUT2D eigenvalue weighted by Crippen LogP contribution is 2.49. The Morgan fingerprint density at radius 2 is 1.92 bits per heavy atom. The molecule has 7 heteroatoms. The van der Waals surface area contributed by atoms with Gasteiger partial charge < -0.3 is 19.5 Å². The van der Waals surface area contributed by atoms with Gasteiger partial charge in [-0.15, -0.1) is 0 Å². The van der Waals surface area contributed by atoms with Crippen molar-refractivity contribution < 1.29 is 23.8 Å². The van der Waals surface area contributed by atoms with Gasteiger partial charge in [-0.05, 0) is 74.6 Å². The molecular weight excluding hydrogens is 468 g/mol. The molecule has 0 spiro atoms. The van der Waals surface area contributed by atoms with Crippen molar-refractivity contribution in [3.63, 3.8) is 0 Å². The molecule has 2 amide bonds. The summed E-state index contributed by atoms with van der Waals surface area (Å²) >= 11 is 0. The molecule has 0 saturated heterocycles. The van der Waals surface area contributed by atoms with E-state index >= 15 is 0 Å². The van der Waals surface area contributed by atoms with Crippen molar-refractivity contribution in [3.8, 4) is 0 Å². The number of methoxy groups -OCH3 is 1. The van der Waals surface area contributed by atoms with E-state index in [0.717, 1.165) is 12.0 Å². The van der Waals surface area contributed by atoms with Crippen LogP contribution < -0.4 is 10.6 Å². The van der Waals surface area contributed by atoms with Crippen LogP contribution in [0.4, 0.5) is 10.5 Å². The number of ether oxygens (including phenoxy) is 3. The third kappa shape index (κ3) is 5.68. The van der Waals surface area contributed by atoms with Crippen LogP contribution in [0.15, 0.2) is 65.8 Å². The zero-order valence-corrected chi connectivity index (χ0v) is 22.7. The number of carbonyl (C=O) groups is 2. The lowest BCUT2D eigenvalue weighted by Gasteiger charge is -2.41. The summed E-state index contributed by atoms with van der Waals surface area (Å²) in [6.07, 6.45) is 8.89. The highest BCUT2D eigenvalue weighted by atomic mass is 16.7. The Hall–Kier alpha value is -2.90. The molecule has 7 nitrogen and oxygen atoms in total. The van der Waals surface area contributed by atoms with E-state index in [-0.39, 0.29) is 17.7 Å². The molecule has 0 saturated carbocycles. The van der Waals surface area contributed by atoms with Crippen LogP contribution in [-0.4, -0.2) is 43.1 Å². The van der Waals surface area contributed by atoms with E-state index in [1.54, 1.807) is 7.11 Å². The second-order valence-electron chi connectivity index (χ2n) is 11.0. The second-order valence-corrected chi connectivity index (χ2v) is 11.0.